The molecule has 0 spiro atoms. The molecule has 0 radical (unpaired) electrons. The fraction of sp³-hybridized carbons (Fsp3) is 0.412. The number of aromatic nitrogens is 4. The molecule has 4 rings (SSSR count). The fourth-order valence-electron chi connectivity index (χ4n) is 3.34. The molecule has 21 heavy (non-hydrogen) atoms. The minimum absolute atomic E-state index is 0.432. The molecule has 2 aromatic heterocycles. The molecule has 0 bridgehead atoms. The van der Waals surface area contributed by atoms with Crippen LogP contribution in [0.15, 0.2) is 37.1 Å². The Morgan fingerprint density at radius 2 is 2.24 bits per heavy atom. The Morgan fingerprint density at radius 1 is 1.29 bits per heavy atom. The molecular formula is C17H20N4. The van der Waals surface area contributed by atoms with Crippen molar-refractivity contribution in [1.29, 1.82) is 0 Å². The molecule has 1 aliphatic heterocycles. The highest BCUT2D eigenvalue weighted by molar-refractivity contribution is 5.76. The monoisotopic (exact) mass is 280 g/mol. The number of hydrogen-bond donors (Lipinski definition) is 0. The molecule has 3 heterocycles. The third-order valence-electron chi connectivity index (χ3n) is 4.54. The van der Waals surface area contributed by atoms with Gasteiger partial charge in [-0.25, -0.2) is 9.97 Å². The number of imidazole rings is 2. The van der Waals surface area contributed by atoms with E-state index in [1.165, 1.54) is 36.0 Å². The summed E-state index contributed by atoms with van der Waals surface area (Å²) in [7, 11) is 0. The maximum Gasteiger partial charge on any atom is 0.0958 e. The molecule has 0 saturated carbocycles. The Kier molecular flexibility index (Phi) is 3.02. The molecule has 0 unspecified atom stereocenters. The maximum absolute atomic E-state index is 4.52. The van der Waals surface area contributed by atoms with Gasteiger partial charge in [-0.1, -0.05) is 19.4 Å². The van der Waals surface area contributed by atoms with Gasteiger partial charge in [-0.05, 0) is 37.0 Å². The molecule has 0 aliphatic carbocycles. The van der Waals surface area contributed by atoms with Crippen LogP contribution in [0.2, 0.25) is 0 Å². The second-order valence-electron chi connectivity index (χ2n) is 5.89. The maximum atomic E-state index is 4.52. The van der Waals surface area contributed by atoms with Crippen molar-refractivity contribution >= 4 is 11.0 Å². The molecule has 0 saturated heterocycles. The predicted molar refractivity (Wildman–Crippen MR) is 83.3 cm³/mol. The number of rotatable bonds is 4. The first kappa shape index (κ1) is 12.6. The third-order valence-corrected chi connectivity index (χ3v) is 4.54. The van der Waals surface area contributed by atoms with Crippen molar-refractivity contribution in [3.8, 4) is 0 Å². The molecule has 4 heteroatoms. The van der Waals surface area contributed by atoms with Gasteiger partial charge in [-0.2, -0.15) is 0 Å². The number of nitrogens with zero attached hydrogens (tertiary/aromatic N) is 4. The van der Waals surface area contributed by atoms with E-state index in [1.807, 2.05) is 18.9 Å². The van der Waals surface area contributed by atoms with E-state index in [9.17, 15) is 0 Å². The van der Waals surface area contributed by atoms with Gasteiger partial charge in [0.05, 0.1) is 29.7 Å². The van der Waals surface area contributed by atoms with Gasteiger partial charge >= 0.3 is 0 Å². The smallest absolute Gasteiger partial charge is 0.0958 e. The summed E-state index contributed by atoms with van der Waals surface area (Å²) in [6.45, 7) is 3.28. The van der Waals surface area contributed by atoms with Gasteiger partial charge in [0, 0.05) is 18.4 Å². The van der Waals surface area contributed by atoms with E-state index in [1.54, 1.807) is 0 Å². The van der Waals surface area contributed by atoms with Crippen LogP contribution in [-0.4, -0.2) is 19.1 Å². The molecule has 3 aromatic rings. The topological polar surface area (TPSA) is 35.6 Å². The van der Waals surface area contributed by atoms with Gasteiger partial charge in [0.1, 0.15) is 0 Å². The zero-order valence-electron chi connectivity index (χ0n) is 12.4. The lowest BCUT2D eigenvalue weighted by Crippen LogP contribution is -2.05. The quantitative estimate of drug-likeness (QED) is 0.732. The Balaban J connectivity index is 1.73. The number of fused-ring (bicyclic) bond motifs is 2. The summed E-state index contributed by atoms with van der Waals surface area (Å²) >= 11 is 0. The van der Waals surface area contributed by atoms with E-state index >= 15 is 0 Å². The van der Waals surface area contributed by atoms with Gasteiger partial charge in [-0.3, -0.25) is 0 Å². The van der Waals surface area contributed by atoms with Crippen molar-refractivity contribution in [2.24, 2.45) is 0 Å². The Labute approximate surface area is 124 Å². The molecule has 0 N–H and O–H groups in total. The normalized spacial score (nSPS) is 17.5. The van der Waals surface area contributed by atoms with Crippen LogP contribution in [0, 0.1) is 0 Å². The van der Waals surface area contributed by atoms with Crippen LogP contribution < -0.4 is 0 Å². The first-order valence-corrected chi connectivity index (χ1v) is 7.82. The standard InChI is InChI=1S/C17H20N4/c1-2-3-8-20-12-19-15-6-4-13(9-17(15)20)16-7-5-14-10-18-11-21(14)16/h4,6,9-12,16H,2-3,5,7-8H2,1H3/t16-/m1/s1. The first-order chi connectivity index (χ1) is 10.4. The summed E-state index contributed by atoms with van der Waals surface area (Å²) in [4.78, 5) is 8.79. The van der Waals surface area contributed by atoms with Crippen LogP contribution in [0.4, 0.5) is 0 Å². The lowest BCUT2D eigenvalue weighted by atomic mass is 10.0. The highest BCUT2D eigenvalue weighted by atomic mass is 15.1. The average Bonchev–Trinajstić information content (AvgIpc) is 3.19. The Hall–Kier alpha value is -2.10. The first-order valence-electron chi connectivity index (χ1n) is 7.82. The van der Waals surface area contributed by atoms with Crippen LogP contribution in [0.25, 0.3) is 11.0 Å². The minimum atomic E-state index is 0.432. The van der Waals surface area contributed by atoms with Crippen LogP contribution in [-0.2, 0) is 13.0 Å². The third kappa shape index (κ3) is 2.06. The second kappa shape index (κ2) is 5.02. The van der Waals surface area contributed by atoms with Crippen molar-refractivity contribution in [2.45, 2.75) is 45.2 Å². The van der Waals surface area contributed by atoms with Crippen LogP contribution in [0.3, 0.4) is 0 Å². The van der Waals surface area contributed by atoms with Crippen molar-refractivity contribution in [3.05, 3.63) is 48.3 Å². The highest BCUT2D eigenvalue weighted by Gasteiger charge is 2.23. The van der Waals surface area contributed by atoms with Gasteiger partial charge in [0.25, 0.3) is 0 Å². The van der Waals surface area contributed by atoms with Crippen LogP contribution >= 0.6 is 0 Å². The van der Waals surface area contributed by atoms with E-state index in [4.69, 9.17) is 0 Å². The summed E-state index contributed by atoms with van der Waals surface area (Å²) in [5.41, 5.74) is 5.07. The number of hydrogen-bond acceptors (Lipinski definition) is 2. The lowest BCUT2D eigenvalue weighted by molar-refractivity contribution is 0.614. The average molecular weight is 280 g/mol. The molecule has 1 aromatic carbocycles. The molecule has 1 atom stereocenters. The van der Waals surface area contributed by atoms with E-state index in [0.29, 0.717) is 6.04 Å². The van der Waals surface area contributed by atoms with Crippen molar-refractivity contribution in [2.75, 3.05) is 0 Å². The fourth-order valence-corrected chi connectivity index (χ4v) is 3.34. The number of aryl methyl sites for hydroxylation is 2. The molecule has 108 valence electrons. The summed E-state index contributed by atoms with van der Waals surface area (Å²) in [5.74, 6) is 0. The van der Waals surface area contributed by atoms with E-state index in [0.717, 1.165) is 18.5 Å². The van der Waals surface area contributed by atoms with Crippen molar-refractivity contribution in [1.82, 2.24) is 19.1 Å². The summed E-state index contributed by atoms with van der Waals surface area (Å²) in [6.07, 6.45) is 10.6. The highest BCUT2D eigenvalue weighted by Crippen LogP contribution is 2.32. The molecule has 0 amide bonds. The van der Waals surface area contributed by atoms with Gasteiger partial charge in [0.2, 0.25) is 0 Å². The van der Waals surface area contributed by atoms with Crippen LogP contribution in [0.5, 0.6) is 0 Å². The Morgan fingerprint density at radius 3 is 3.14 bits per heavy atom. The van der Waals surface area contributed by atoms with Crippen LogP contribution in [0.1, 0.15) is 43.5 Å². The summed E-state index contributed by atoms with van der Waals surface area (Å²) < 4.78 is 4.60. The lowest BCUT2D eigenvalue weighted by Gasteiger charge is -2.14. The molecular weight excluding hydrogens is 260 g/mol. The Bertz CT molecular complexity index is 768. The number of benzene rings is 1. The summed E-state index contributed by atoms with van der Waals surface area (Å²) in [5, 5.41) is 0. The largest absolute Gasteiger partial charge is 0.331 e. The van der Waals surface area contributed by atoms with Crippen molar-refractivity contribution < 1.29 is 0 Å². The SMILES string of the molecule is CCCCn1cnc2ccc([C@H]3CCc4cncn43)cc21. The minimum Gasteiger partial charge on any atom is -0.331 e. The number of unbranched alkanes of at least 4 members (excludes halogenated alkanes) is 1. The van der Waals surface area contributed by atoms with Gasteiger partial charge < -0.3 is 9.13 Å². The summed E-state index contributed by atoms with van der Waals surface area (Å²) in [6, 6.07) is 7.13. The van der Waals surface area contributed by atoms with E-state index < -0.39 is 0 Å². The zero-order valence-corrected chi connectivity index (χ0v) is 12.4. The second-order valence-corrected chi connectivity index (χ2v) is 5.89. The van der Waals surface area contributed by atoms with Gasteiger partial charge in [0.15, 0.2) is 0 Å². The molecule has 1 aliphatic rings. The predicted octanol–water partition coefficient (Wildman–Crippen LogP) is 3.57. The van der Waals surface area contributed by atoms with E-state index in [2.05, 4.69) is 44.2 Å². The van der Waals surface area contributed by atoms with Gasteiger partial charge in [-0.15, -0.1) is 0 Å². The van der Waals surface area contributed by atoms with Crippen molar-refractivity contribution in [3.63, 3.8) is 0 Å². The van der Waals surface area contributed by atoms with E-state index in [-0.39, 0.29) is 0 Å². The zero-order chi connectivity index (χ0) is 14.2. The molecule has 0 fully saturated rings. The molecule has 4 nitrogen and oxygen atoms in total.